The predicted molar refractivity (Wildman–Crippen MR) is 138 cm³/mol. The number of anilines is 1. The average Bonchev–Trinajstić information content (AvgIpc) is 2.79. The molecule has 0 saturated heterocycles. The smallest absolute Gasteiger partial charge is 0.244 e. The van der Waals surface area contributed by atoms with E-state index in [2.05, 4.69) is 5.32 Å². The van der Waals surface area contributed by atoms with E-state index in [1.807, 2.05) is 13.8 Å². The third kappa shape index (κ3) is 8.07. The summed E-state index contributed by atoms with van der Waals surface area (Å²) in [5.41, 5.74) is 1.20. The maximum atomic E-state index is 13.5. The maximum Gasteiger partial charge on any atom is 0.244 e. The van der Waals surface area contributed by atoms with Crippen molar-refractivity contribution in [1.29, 1.82) is 0 Å². The molecule has 10 heteroatoms. The summed E-state index contributed by atoms with van der Waals surface area (Å²) >= 11 is 6.10. The van der Waals surface area contributed by atoms with Gasteiger partial charge in [-0.2, -0.15) is 0 Å². The lowest BCUT2D eigenvalue weighted by Gasteiger charge is -2.32. The molecule has 0 saturated carbocycles. The van der Waals surface area contributed by atoms with E-state index in [4.69, 9.17) is 11.6 Å². The van der Waals surface area contributed by atoms with Crippen molar-refractivity contribution in [2.45, 2.75) is 52.7 Å². The summed E-state index contributed by atoms with van der Waals surface area (Å²) in [4.78, 5) is 39.5. The zero-order chi connectivity index (χ0) is 26.3. The molecule has 0 spiro atoms. The van der Waals surface area contributed by atoms with Gasteiger partial charge in [0.1, 0.15) is 12.6 Å². The van der Waals surface area contributed by atoms with Crippen molar-refractivity contribution in [2.75, 3.05) is 17.1 Å². The molecule has 0 aromatic heterocycles. The standard InChI is InChI=1S/C25H32ClN3O5S/c1-6-17(2)27-25(32)18(3)28(15-20-9-7-11-22(26)13-20)24(31)16-29(35(5,33)34)23-12-8-10-21(14-23)19(4)30/h7-14,17-18H,6,15-16H2,1-5H3,(H,27,32). The Morgan fingerprint density at radius 2 is 1.71 bits per heavy atom. The third-order valence-electron chi connectivity index (χ3n) is 5.63. The Morgan fingerprint density at radius 1 is 1.06 bits per heavy atom. The van der Waals surface area contributed by atoms with Crippen molar-refractivity contribution >= 4 is 44.9 Å². The normalized spacial score (nSPS) is 13.0. The van der Waals surface area contributed by atoms with Crippen molar-refractivity contribution in [1.82, 2.24) is 10.2 Å². The van der Waals surface area contributed by atoms with Crippen LogP contribution in [-0.4, -0.2) is 55.8 Å². The lowest BCUT2D eigenvalue weighted by Crippen LogP contribution is -2.52. The van der Waals surface area contributed by atoms with Crippen LogP contribution in [0.25, 0.3) is 0 Å². The molecule has 35 heavy (non-hydrogen) atoms. The summed E-state index contributed by atoms with van der Waals surface area (Å²) in [5.74, 6) is -1.15. The van der Waals surface area contributed by atoms with Gasteiger partial charge in [0.2, 0.25) is 21.8 Å². The molecule has 0 radical (unpaired) electrons. The van der Waals surface area contributed by atoms with E-state index in [1.54, 1.807) is 43.3 Å². The fraction of sp³-hybridized carbons (Fsp3) is 0.400. The number of hydrogen-bond acceptors (Lipinski definition) is 5. The van der Waals surface area contributed by atoms with E-state index in [0.29, 0.717) is 16.1 Å². The number of nitrogens with zero attached hydrogens (tertiary/aromatic N) is 2. The van der Waals surface area contributed by atoms with E-state index in [0.717, 1.165) is 17.0 Å². The Kier molecular flexibility index (Phi) is 9.85. The number of halogens is 1. The first-order valence-electron chi connectivity index (χ1n) is 11.3. The molecule has 0 heterocycles. The fourth-order valence-corrected chi connectivity index (χ4v) is 4.43. The summed E-state index contributed by atoms with van der Waals surface area (Å²) in [6.07, 6.45) is 1.70. The molecular formula is C25H32ClN3O5S. The molecule has 2 rings (SSSR count). The van der Waals surface area contributed by atoms with Gasteiger partial charge in [0.15, 0.2) is 5.78 Å². The van der Waals surface area contributed by atoms with Crippen LogP contribution in [0.1, 0.15) is 50.0 Å². The number of rotatable bonds is 11. The number of carbonyl (C=O) groups is 3. The first-order valence-corrected chi connectivity index (χ1v) is 13.5. The highest BCUT2D eigenvalue weighted by molar-refractivity contribution is 7.92. The molecule has 0 aliphatic rings. The predicted octanol–water partition coefficient (Wildman–Crippen LogP) is 3.64. The third-order valence-corrected chi connectivity index (χ3v) is 7.01. The fourth-order valence-electron chi connectivity index (χ4n) is 3.37. The van der Waals surface area contributed by atoms with Crippen LogP contribution in [0.5, 0.6) is 0 Å². The molecule has 2 aromatic carbocycles. The Hall–Kier alpha value is -2.91. The van der Waals surface area contributed by atoms with E-state index in [-0.39, 0.29) is 30.0 Å². The zero-order valence-electron chi connectivity index (χ0n) is 20.6. The lowest BCUT2D eigenvalue weighted by atomic mass is 10.1. The van der Waals surface area contributed by atoms with E-state index in [9.17, 15) is 22.8 Å². The second-order valence-corrected chi connectivity index (χ2v) is 10.9. The summed E-state index contributed by atoms with van der Waals surface area (Å²) in [5, 5.41) is 3.35. The summed E-state index contributed by atoms with van der Waals surface area (Å²) in [6.45, 7) is 6.28. The van der Waals surface area contributed by atoms with E-state index in [1.165, 1.54) is 24.0 Å². The minimum absolute atomic E-state index is 0.0551. The molecule has 2 atom stereocenters. The van der Waals surface area contributed by atoms with E-state index < -0.39 is 28.5 Å². The second-order valence-electron chi connectivity index (χ2n) is 8.52. The summed E-state index contributed by atoms with van der Waals surface area (Å²) < 4.78 is 26.2. The molecule has 0 fully saturated rings. The molecule has 2 aromatic rings. The zero-order valence-corrected chi connectivity index (χ0v) is 22.2. The van der Waals surface area contributed by atoms with Crippen LogP contribution < -0.4 is 9.62 Å². The van der Waals surface area contributed by atoms with Crippen molar-refractivity contribution < 1.29 is 22.8 Å². The van der Waals surface area contributed by atoms with Crippen LogP contribution in [0.2, 0.25) is 5.02 Å². The number of sulfonamides is 1. The van der Waals surface area contributed by atoms with Gasteiger partial charge >= 0.3 is 0 Å². The minimum Gasteiger partial charge on any atom is -0.352 e. The highest BCUT2D eigenvalue weighted by Crippen LogP contribution is 2.21. The van der Waals surface area contributed by atoms with Gasteiger partial charge in [-0.3, -0.25) is 18.7 Å². The van der Waals surface area contributed by atoms with Crippen LogP contribution in [-0.2, 0) is 26.2 Å². The van der Waals surface area contributed by atoms with Crippen LogP contribution in [0, 0.1) is 0 Å². The minimum atomic E-state index is -3.88. The van der Waals surface area contributed by atoms with Gasteiger partial charge in [0.05, 0.1) is 11.9 Å². The molecule has 0 aliphatic carbocycles. The molecular weight excluding hydrogens is 490 g/mol. The van der Waals surface area contributed by atoms with Gasteiger partial charge in [-0.05, 0) is 57.0 Å². The largest absolute Gasteiger partial charge is 0.352 e. The van der Waals surface area contributed by atoms with Crippen molar-refractivity contribution in [3.05, 3.63) is 64.7 Å². The summed E-state index contributed by atoms with van der Waals surface area (Å²) in [6, 6.07) is 12.0. The van der Waals surface area contributed by atoms with Gasteiger partial charge in [-0.1, -0.05) is 42.8 Å². The lowest BCUT2D eigenvalue weighted by molar-refractivity contribution is -0.139. The average molecular weight is 522 g/mol. The van der Waals surface area contributed by atoms with Crippen molar-refractivity contribution in [3.63, 3.8) is 0 Å². The second kappa shape index (κ2) is 12.2. The van der Waals surface area contributed by atoms with Gasteiger partial charge in [-0.15, -0.1) is 0 Å². The molecule has 2 unspecified atom stereocenters. The Balaban J connectivity index is 2.43. The summed E-state index contributed by atoms with van der Waals surface area (Å²) in [7, 11) is -3.88. The van der Waals surface area contributed by atoms with Crippen LogP contribution in [0.3, 0.4) is 0 Å². The van der Waals surface area contributed by atoms with E-state index >= 15 is 0 Å². The molecule has 2 amide bonds. The topological polar surface area (TPSA) is 104 Å². The number of Topliss-reactive ketones (excluding diaryl/α,β-unsaturated/α-hetero) is 1. The van der Waals surface area contributed by atoms with Gasteiger partial charge in [0.25, 0.3) is 0 Å². The Morgan fingerprint density at radius 3 is 2.29 bits per heavy atom. The van der Waals surface area contributed by atoms with Crippen molar-refractivity contribution in [3.8, 4) is 0 Å². The maximum absolute atomic E-state index is 13.5. The first kappa shape index (κ1) is 28.3. The molecule has 0 bridgehead atoms. The number of carbonyl (C=O) groups excluding carboxylic acids is 3. The quantitative estimate of drug-likeness (QED) is 0.455. The number of benzene rings is 2. The van der Waals surface area contributed by atoms with Gasteiger partial charge in [-0.25, -0.2) is 8.42 Å². The van der Waals surface area contributed by atoms with Crippen molar-refractivity contribution in [2.24, 2.45) is 0 Å². The first-order chi connectivity index (χ1) is 16.3. The molecule has 0 aliphatic heterocycles. The number of hydrogen-bond donors (Lipinski definition) is 1. The number of ketones is 1. The Labute approximate surface area is 212 Å². The highest BCUT2D eigenvalue weighted by atomic mass is 35.5. The SMILES string of the molecule is CCC(C)NC(=O)C(C)N(Cc1cccc(Cl)c1)C(=O)CN(c1cccc(C(C)=O)c1)S(C)(=O)=O. The monoisotopic (exact) mass is 521 g/mol. The number of nitrogens with one attached hydrogen (secondary N) is 1. The number of amides is 2. The van der Waals surface area contributed by atoms with Gasteiger partial charge in [0, 0.05) is 23.2 Å². The van der Waals surface area contributed by atoms with Gasteiger partial charge < -0.3 is 10.2 Å². The van der Waals surface area contributed by atoms with Crippen LogP contribution in [0.15, 0.2) is 48.5 Å². The highest BCUT2D eigenvalue weighted by Gasteiger charge is 2.30. The van der Waals surface area contributed by atoms with Crippen LogP contribution in [0.4, 0.5) is 5.69 Å². The molecule has 1 N–H and O–H groups in total. The van der Waals surface area contributed by atoms with Crippen LogP contribution >= 0.6 is 11.6 Å². The molecule has 8 nitrogen and oxygen atoms in total. The molecule has 190 valence electrons. The Bertz CT molecular complexity index is 1190.